The largest absolute Gasteiger partial charge is 0.490 e. The highest BCUT2D eigenvalue weighted by molar-refractivity contribution is 7.10. The molecule has 0 bridgehead atoms. The number of benzene rings is 1. The average molecular weight is 427 g/mol. The number of hydrogen-bond acceptors (Lipinski definition) is 6. The number of fused-ring (bicyclic) bond motifs is 3. The molecule has 1 aromatic heterocycles. The summed E-state index contributed by atoms with van der Waals surface area (Å²) in [5, 5.41) is 7.54. The third-order valence-electron chi connectivity index (χ3n) is 5.67. The number of thiophene rings is 1. The second-order valence-corrected chi connectivity index (χ2v) is 8.60. The van der Waals surface area contributed by atoms with Gasteiger partial charge in [0.25, 0.3) is 5.91 Å². The van der Waals surface area contributed by atoms with Gasteiger partial charge in [0, 0.05) is 28.6 Å². The summed E-state index contributed by atoms with van der Waals surface area (Å²) in [6.45, 7) is 0.776. The number of anilines is 1. The highest BCUT2D eigenvalue weighted by atomic mass is 32.1. The molecule has 1 saturated heterocycles. The average Bonchev–Trinajstić information content (AvgIpc) is 3.20. The summed E-state index contributed by atoms with van der Waals surface area (Å²) in [5.74, 6) is 0.379. The first kappa shape index (κ1) is 18.9. The van der Waals surface area contributed by atoms with E-state index in [1.54, 1.807) is 29.5 Å². The van der Waals surface area contributed by atoms with Crippen LogP contribution in [0.25, 0.3) is 0 Å². The minimum atomic E-state index is -1.04. The second-order valence-electron chi connectivity index (χ2n) is 7.60. The Bertz CT molecular complexity index is 1040. The van der Waals surface area contributed by atoms with E-state index in [-0.39, 0.29) is 12.5 Å². The summed E-state index contributed by atoms with van der Waals surface area (Å²) in [5.41, 5.74) is 0.340. The molecule has 4 amide bonds. The number of rotatable bonds is 3. The van der Waals surface area contributed by atoms with Gasteiger partial charge in [-0.15, -0.1) is 11.3 Å². The normalized spacial score (nSPS) is 22.5. The van der Waals surface area contributed by atoms with Crippen molar-refractivity contribution in [2.75, 3.05) is 25.1 Å². The molecule has 5 rings (SSSR count). The van der Waals surface area contributed by atoms with E-state index in [0.29, 0.717) is 36.8 Å². The molecule has 156 valence electrons. The number of carbonyl (C=O) groups is 3. The molecule has 2 N–H and O–H groups in total. The standard InChI is InChI=1S/C21H21N3O5S/c25-18(22-13-4-5-15-16(11-13)29-9-2-8-28-15)12-24-19(26)21(23-20(24)27)7-1-3-17-14(21)6-10-30-17/h4-6,10-11H,1-3,7-9,12H2,(H,22,25)(H,23,27)/t21-/m0/s1. The van der Waals surface area contributed by atoms with Crippen molar-refractivity contribution in [1.29, 1.82) is 0 Å². The lowest BCUT2D eigenvalue weighted by Gasteiger charge is -2.31. The van der Waals surface area contributed by atoms with E-state index < -0.39 is 17.5 Å². The van der Waals surface area contributed by atoms with Crippen LogP contribution in [0.3, 0.4) is 0 Å². The highest BCUT2D eigenvalue weighted by Gasteiger charge is 2.54. The van der Waals surface area contributed by atoms with Crippen molar-refractivity contribution in [2.24, 2.45) is 0 Å². The third-order valence-corrected chi connectivity index (χ3v) is 6.65. The third kappa shape index (κ3) is 3.09. The van der Waals surface area contributed by atoms with Gasteiger partial charge in [0.2, 0.25) is 5.91 Å². The van der Waals surface area contributed by atoms with Gasteiger partial charge in [-0.25, -0.2) is 4.79 Å². The first-order valence-corrected chi connectivity index (χ1v) is 10.9. The summed E-state index contributed by atoms with van der Waals surface area (Å²) < 4.78 is 11.2. The fourth-order valence-electron chi connectivity index (χ4n) is 4.27. The first-order chi connectivity index (χ1) is 14.6. The van der Waals surface area contributed by atoms with Gasteiger partial charge in [-0.3, -0.25) is 14.5 Å². The topological polar surface area (TPSA) is 97.0 Å². The molecule has 3 heterocycles. The number of ether oxygens (including phenoxy) is 2. The Kier molecular flexibility index (Phi) is 4.62. The van der Waals surface area contributed by atoms with E-state index in [1.807, 2.05) is 11.4 Å². The van der Waals surface area contributed by atoms with Crippen molar-refractivity contribution in [1.82, 2.24) is 10.2 Å². The zero-order valence-electron chi connectivity index (χ0n) is 16.2. The van der Waals surface area contributed by atoms with Crippen LogP contribution in [0.4, 0.5) is 10.5 Å². The number of nitrogens with zero attached hydrogens (tertiary/aromatic N) is 1. The first-order valence-electron chi connectivity index (χ1n) is 9.97. The number of imide groups is 1. The number of amides is 4. The zero-order chi connectivity index (χ0) is 20.7. The molecular formula is C21H21N3O5S. The van der Waals surface area contributed by atoms with Crippen molar-refractivity contribution in [2.45, 2.75) is 31.2 Å². The van der Waals surface area contributed by atoms with Crippen molar-refractivity contribution >= 4 is 34.9 Å². The van der Waals surface area contributed by atoms with Crippen LogP contribution < -0.4 is 20.1 Å². The highest BCUT2D eigenvalue weighted by Crippen LogP contribution is 2.42. The van der Waals surface area contributed by atoms with Gasteiger partial charge in [0.1, 0.15) is 12.1 Å². The lowest BCUT2D eigenvalue weighted by atomic mass is 9.80. The predicted octanol–water partition coefficient (Wildman–Crippen LogP) is 2.63. The molecule has 2 aromatic rings. The van der Waals surface area contributed by atoms with Crippen molar-refractivity contribution in [3.05, 3.63) is 40.1 Å². The summed E-state index contributed by atoms with van der Waals surface area (Å²) in [6.07, 6.45) is 3.05. The molecule has 1 fully saturated rings. The molecule has 0 saturated carbocycles. The number of urea groups is 1. The van der Waals surface area contributed by atoms with Crippen LogP contribution in [0.2, 0.25) is 0 Å². The summed E-state index contributed by atoms with van der Waals surface area (Å²) in [6, 6.07) is 6.49. The van der Waals surface area contributed by atoms with Crippen LogP contribution in [0.5, 0.6) is 11.5 Å². The Morgan fingerprint density at radius 2 is 2.00 bits per heavy atom. The molecule has 30 heavy (non-hydrogen) atoms. The van der Waals surface area contributed by atoms with E-state index in [0.717, 1.165) is 34.6 Å². The van der Waals surface area contributed by atoms with Crippen LogP contribution in [0.1, 0.15) is 29.7 Å². The molecule has 3 aliphatic rings. The SMILES string of the molecule is O=C(CN1C(=O)N[C@]2(CCCc3sccc32)C1=O)Nc1ccc2c(c1)OCCCO2. The van der Waals surface area contributed by atoms with Gasteiger partial charge in [-0.2, -0.15) is 0 Å². The maximum atomic E-state index is 13.2. The summed E-state index contributed by atoms with van der Waals surface area (Å²) in [4.78, 5) is 40.5. The molecule has 1 aliphatic carbocycles. The van der Waals surface area contributed by atoms with Gasteiger partial charge in [0.05, 0.1) is 13.2 Å². The van der Waals surface area contributed by atoms with Crippen molar-refractivity contribution in [3.63, 3.8) is 0 Å². The molecule has 2 aliphatic heterocycles. The van der Waals surface area contributed by atoms with E-state index in [4.69, 9.17) is 9.47 Å². The Balaban J connectivity index is 1.31. The molecule has 0 unspecified atom stereocenters. The molecule has 9 heteroatoms. The van der Waals surface area contributed by atoms with Crippen LogP contribution in [-0.4, -0.2) is 42.5 Å². The van der Waals surface area contributed by atoms with E-state index in [1.165, 1.54) is 0 Å². The lowest BCUT2D eigenvalue weighted by Crippen LogP contribution is -2.46. The predicted molar refractivity (Wildman–Crippen MR) is 110 cm³/mol. The van der Waals surface area contributed by atoms with Crippen LogP contribution in [-0.2, 0) is 21.5 Å². The maximum absolute atomic E-state index is 13.2. The number of aryl methyl sites for hydroxylation is 1. The quantitative estimate of drug-likeness (QED) is 0.734. The van der Waals surface area contributed by atoms with E-state index in [2.05, 4.69) is 10.6 Å². The minimum absolute atomic E-state index is 0.347. The Morgan fingerprint density at radius 3 is 2.87 bits per heavy atom. The molecular weight excluding hydrogens is 406 g/mol. The molecule has 1 spiro atoms. The van der Waals surface area contributed by atoms with E-state index in [9.17, 15) is 14.4 Å². The van der Waals surface area contributed by atoms with Gasteiger partial charge < -0.3 is 20.1 Å². The van der Waals surface area contributed by atoms with Crippen LogP contribution in [0, 0.1) is 0 Å². The van der Waals surface area contributed by atoms with Crippen LogP contribution >= 0.6 is 11.3 Å². The summed E-state index contributed by atoms with van der Waals surface area (Å²) in [7, 11) is 0. The second kappa shape index (κ2) is 7.32. The Labute approximate surface area is 177 Å². The van der Waals surface area contributed by atoms with E-state index >= 15 is 0 Å². The van der Waals surface area contributed by atoms with Crippen molar-refractivity contribution in [3.8, 4) is 11.5 Å². The lowest BCUT2D eigenvalue weighted by molar-refractivity contribution is -0.134. The van der Waals surface area contributed by atoms with Crippen molar-refractivity contribution < 1.29 is 23.9 Å². The molecule has 0 radical (unpaired) electrons. The Morgan fingerprint density at radius 1 is 1.17 bits per heavy atom. The monoisotopic (exact) mass is 427 g/mol. The Hall–Kier alpha value is -3.07. The fraction of sp³-hybridized carbons (Fsp3) is 0.381. The van der Waals surface area contributed by atoms with Gasteiger partial charge in [0.15, 0.2) is 11.5 Å². The fourth-order valence-corrected chi connectivity index (χ4v) is 5.27. The molecule has 8 nitrogen and oxygen atoms in total. The maximum Gasteiger partial charge on any atom is 0.325 e. The number of carbonyl (C=O) groups excluding carboxylic acids is 3. The minimum Gasteiger partial charge on any atom is -0.490 e. The zero-order valence-corrected chi connectivity index (χ0v) is 17.0. The number of hydrogen-bond donors (Lipinski definition) is 2. The molecule has 1 atom stereocenters. The van der Waals surface area contributed by atoms with Crippen LogP contribution in [0.15, 0.2) is 29.6 Å². The smallest absolute Gasteiger partial charge is 0.325 e. The summed E-state index contributed by atoms with van der Waals surface area (Å²) >= 11 is 1.60. The number of nitrogens with one attached hydrogen (secondary N) is 2. The van der Waals surface area contributed by atoms with Gasteiger partial charge in [-0.1, -0.05) is 0 Å². The van der Waals surface area contributed by atoms with Gasteiger partial charge in [-0.05, 0) is 42.8 Å². The molecule has 1 aromatic carbocycles. The van der Waals surface area contributed by atoms with Gasteiger partial charge >= 0.3 is 6.03 Å².